The highest BCUT2D eigenvalue weighted by molar-refractivity contribution is 7.89. The summed E-state index contributed by atoms with van der Waals surface area (Å²) in [6.45, 7) is 1.87. The summed E-state index contributed by atoms with van der Waals surface area (Å²) in [5.41, 5.74) is 2.58. The third-order valence-corrected chi connectivity index (χ3v) is 7.25. The Labute approximate surface area is 186 Å². The first-order valence-corrected chi connectivity index (χ1v) is 11.7. The number of aryl methyl sites for hydroxylation is 1. The van der Waals surface area contributed by atoms with E-state index in [-0.39, 0.29) is 18.6 Å². The fraction of sp³-hybridized carbons (Fsp3) is 0.160. The molecule has 0 fully saturated rings. The van der Waals surface area contributed by atoms with Gasteiger partial charge in [0.15, 0.2) is 0 Å². The van der Waals surface area contributed by atoms with Crippen LogP contribution in [-0.4, -0.2) is 24.3 Å². The van der Waals surface area contributed by atoms with Crippen molar-refractivity contribution in [1.82, 2.24) is 9.29 Å². The van der Waals surface area contributed by atoms with Gasteiger partial charge in [0.05, 0.1) is 0 Å². The molecule has 0 atom stereocenters. The van der Waals surface area contributed by atoms with Gasteiger partial charge in [-0.15, -0.1) is 0 Å². The average Bonchev–Trinajstić information content (AvgIpc) is 2.77. The normalized spacial score (nSPS) is 11.8. The summed E-state index contributed by atoms with van der Waals surface area (Å²) in [6, 6.07) is 22.1. The van der Waals surface area contributed by atoms with Crippen LogP contribution in [0.5, 0.6) is 0 Å². The van der Waals surface area contributed by atoms with Crippen LogP contribution in [0.25, 0.3) is 10.9 Å². The van der Waals surface area contributed by atoms with Crippen LogP contribution in [0.15, 0.2) is 88.6 Å². The zero-order valence-electron chi connectivity index (χ0n) is 17.6. The van der Waals surface area contributed by atoms with Gasteiger partial charge in [-0.1, -0.05) is 54.6 Å². The molecule has 0 radical (unpaired) electrons. The van der Waals surface area contributed by atoms with Crippen LogP contribution in [0.4, 0.5) is 4.39 Å². The molecule has 1 heterocycles. The lowest BCUT2D eigenvalue weighted by Gasteiger charge is -2.22. The van der Waals surface area contributed by atoms with Crippen molar-refractivity contribution in [1.29, 1.82) is 0 Å². The molecule has 4 rings (SSSR count). The largest absolute Gasteiger partial charge is 0.322 e. The zero-order valence-corrected chi connectivity index (χ0v) is 18.4. The topological polar surface area (TPSA) is 70.2 Å². The first kappa shape index (κ1) is 21.9. The maximum atomic E-state index is 14.4. The summed E-state index contributed by atoms with van der Waals surface area (Å²) in [4.78, 5) is 15.2. The Morgan fingerprint density at radius 1 is 0.938 bits per heavy atom. The molecule has 5 nitrogen and oxygen atoms in total. The fourth-order valence-electron chi connectivity index (χ4n) is 3.64. The molecule has 0 saturated heterocycles. The predicted octanol–water partition coefficient (Wildman–Crippen LogP) is 4.41. The lowest BCUT2D eigenvalue weighted by atomic mass is 10.1. The third-order valence-electron chi connectivity index (χ3n) is 5.37. The number of aromatic amines is 1. The number of hydrogen-bond acceptors (Lipinski definition) is 3. The number of fused-ring (bicyclic) bond motifs is 1. The van der Waals surface area contributed by atoms with Gasteiger partial charge in [0.25, 0.3) is 5.56 Å². The summed E-state index contributed by atoms with van der Waals surface area (Å²) < 4.78 is 42.3. The van der Waals surface area contributed by atoms with Gasteiger partial charge in [0.1, 0.15) is 10.7 Å². The molecule has 0 amide bonds. The molecule has 1 N–H and O–H groups in total. The van der Waals surface area contributed by atoms with Gasteiger partial charge in [0.2, 0.25) is 10.0 Å². The summed E-state index contributed by atoms with van der Waals surface area (Å²) >= 11 is 0. The van der Waals surface area contributed by atoms with Crippen LogP contribution in [0, 0.1) is 12.7 Å². The van der Waals surface area contributed by atoms with Gasteiger partial charge in [-0.2, -0.15) is 4.31 Å². The summed E-state index contributed by atoms with van der Waals surface area (Å²) in [6.07, 6.45) is 0.430. The Bertz CT molecular complexity index is 1420. The molecular formula is C25H23FN2O3S. The van der Waals surface area contributed by atoms with Crippen molar-refractivity contribution in [3.8, 4) is 0 Å². The molecule has 0 spiro atoms. The first-order valence-electron chi connectivity index (χ1n) is 10.3. The predicted molar refractivity (Wildman–Crippen MR) is 123 cm³/mol. The lowest BCUT2D eigenvalue weighted by Crippen LogP contribution is -2.35. The third kappa shape index (κ3) is 4.64. The minimum Gasteiger partial charge on any atom is -0.322 e. The second-order valence-electron chi connectivity index (χ2n) is 7.72. The van der Waals surface area contributed by atoms with Gasteiger partial charge in [0, 0.05) is 24.2 Å². The molecule has 3 aromatic carbocycles. The Kier molecular flexibility index (Phi) is 6.21. The summed E-state index contributed by atoms with van der Waals surface area (Å²) in [5, 5.41) is 0.802. The fourth-order valence-corrected chi connectivity index (χ4v) is 5.13. The monoisotopic (exact) mass is 450 g/mol. The molecule has 0 aliphatic heterocycles. The number of sulfonamides is 1. The quantitative estimate of drug-likeness (QED) is 0.453. The molecule has 0 aliphatic rings. The van der Waals surface area contributed by atoms with Crippen LogP contribution in [-0.2, 0) is 23.0 Å². The summed E-state index contributed by atoms with van der Waals surface area (Å²) in [7, 11) is -4.17. The van der Waals surface area contributed by atoms with Crippen molar-refractivity contribution in [3.63, 3.8) is 0 Å². The van der Waals surface area contributed by atoms with Crippen molar-refractivity contribution in [2.24, 2.45) is 0 Å². The second kappa shape index (κ2) is 9.06. The van der Waals surface area contributed by atoms with E-state index in [9.17, 15) is 17.6 Å². The molecule has 7 heteroatoms. The van der Waals surface area contributed by atoms with E-state index >= 15 is 0 Å². The number of pyridine rings is 1. The summed E-state index contributed by atoms with van der Waals surface area (Å²) in [5.74, 6) is -0.819. The number of aromatic nitrogens is 1. The molecule has 4 aromatic rings. The van der Waals surface area contributed by atoms with Crippen LogP contribution >= 0.6 is 0 Å². The number of halogens is 1. The van der Waals surface area contributed by atoms with Gasteiger partial charge >= 0.3 is 0 Å². The molecule has 0 saturated carbocycles. The van der Waals surface area contributed by atoms with E-state index in [1.165, 1.54) is 22.5 Å². The number of nitrogens with one attached hydrogen (secondary N) is 1. The van der Waals surface area contributed by atoms with E-state index in [0.717, 1.165) is 22.6 Å². The van der Waals surface area contributed by atoms with E-state index in [4.69, 9.17) is 0 Å². The van der Waals surface area contributed by atoms with Gasteiger partial charge in [-0.3, -0.25) is 4.79 Å². The van der Waals surface area contributed by atoms with Crippen molar-refractivity contribution in [3.05, 3.63) is 112 Å². The van der Waals surface area contributed by atoms with Crippen molar-refractivity contribution < 1.29 is 12.8 Å². The molecular weight excluding hydrogens is 427 g/mol. The number of H-pyrrole nitrogens is 1. The highest BCUT2D eigenvalue weighted by atomic mass is 32.2. The van der Waals surface area contributed by atoms with Crippen molar-refractivity contribution in [2.75, 3.05) is 6.54 Å². The maximum absolute atomic E-state index is 14.4. The van der Waals surface area contributed by atoms with Crippen molar-refractivity contribution >= 4 is 20.9 Å². The van der Waals surface area contributed by atoms with E-state index in [1.54, 1.807) is 6.07 Å². The highest BCUT2D eigenvalue weighted by Gasteiger charge is 2.28. The van der Waals surface area contributed by atoms with E-state index in [0.29, 0.717) is 17.5 Å². The number of hydrogen-bond donors (Lipinski definition) is 1. The number of rotatable bonds is 7. The molecule has 164 valence electrons. The second-order valence-corrected chi connectivity index (χ2v) is 9.63. The SMILES string of the molecule is Cc1ccc2cc(CN(CCc3ccccc3)S(=O)(=O)c3ccccc3F)c(=O)[nH]c2c1. The smallest absolute Gasteiger partial charge is 0.252 e. The average molecular weight is 451 g/mol. The first-order chi connectivity index (χ1) is 15.3. The minimum atomic E-state index is -4.17. The Morgan fingerprint density at radius 2 is 1.66 bits per heavy atom. The Morgan fingerprint density at radius 3 is 2.41 bits per heavy atom. The van der Waals surface area contributed by atoms with Gasteiger partial charge in [-0.05, 0) is 54.1 Å². The molecule has 0 unspecified atom stereocenters. The van der Waals surface area contributed by atoms with E-state index in [2.05, 4.69) is 4.98 Å². The Balaban J connectivity index is 1.73. The highest BCUT2D eigenvalue weighted by Crippen LogP contribution is 2.22. The van der Waals surface area contributed by atoms with Crippen LogP contribution in [0.3, 0.4) is 0 Å². The molecule has 1 aromatic heterocycles. The number of benzene rings is 3. The van der Waals surface area contributed by atoms with Gasteiger partial charge in [-0.25, -0.2) is 12.8 Å². The standard InChI is InChI=1S/C25H23FN2O3S/c1-18-11-12-20-16-21(25(29)27-23(20)15-18)17-28(14-13-19-7-3-2-4-8-19)32(30,31)24-10-6-5-9-22(24)26/h2-12,15-16H,13-14,17H2,1H3,(H,27,29). The van der Waals surface area contributed by atoms with Gasteiger partial charge < -0.3 is 4.98 Å². The molecule has 32 heavy (non-hydrogen) atoms. The van der Waals surface area contributed by atoms with E-state index in [1.807, 2.05) is 55.5 Å². The Hall–Kier alpha value is -3.29. The van der Waals surface area contributed by atoms with Crippen LogP contribution in [0.2, 0.25) is 0 Å². The minimum absolute atomic E-state index is 0.103. The number of nitrogens with zero attached hydrogens (tertiary/aromatic N) is 1. The molecule has 0 aliphatic carbocycles. The van der Waals surface area contributed by atoms with E-state index < -0.39 is 20.7 Å². The molecule has 0 bridgehead atoms. The maximum Gasteiger partial charge on any atom is 0.252 e. The van der Waals surface area contributed by atoms with Crippen LogP contribution < -0.4 is 5.56 Å². The van der Waals surface area contributed by atoms with Crippen LogP contribution in [0.1, 0.15) is 16.7 Å². The zero-order chi connectivity index (χ0) is 22.7. The lowest BCUT2D eigenvalue weighted by molar-refractivity contribution is 0.404. The van der Waals surface area contributed by atoms with Crippen molar-refractivity contribution in [2.45, 2.75) is 24.8 Å².